The molecule has 1 aliphatic carbocycles. The van der Waals surface area contributed by atoms with Crippen LogP contribution in [0.25, 0.3) is 0 Å². The van der Waals surface area contributed by atoms with Crippen LogP contribution in [0.4, 0.5) is 0 Å². The molecule has 2 aromatic rings. The first-order chi connectivity index (χ1) is 15.0. The minimum absolute atomic E-state index is 0.0116. The van der Waals surface area contributed by atoms with Crippen LogP contribution in [0.5, 0.6) is 5.75 Å². The third kappa shape index (κ3) is 4.72. The van der Waals surface area contributed by atoms with Gasteiger partial charge in [0.05, 0.1) is 29.1 Å². The first-order valence-corrected chi connectivity index (χ1v) is 11.9. The van der Waals surface area contributed by atoms with Gasteiger partial charge in [0, 0.05) is 13.1 Å². The summed E-state index contributed by atoms with van der Waals surface area (Å²) >= 11 is 12.2. The van der Waals surface area contributed by atoms with Crippen LogP contribution in [0.15, 0.2) is 36.4 Å². The molecule has 2 aliphatic rings. The van der Waals surface area contributed by atoms with Crippen LogP contribution in [0.1, 0.15) is 48.9 Å². The number of carbonyl (C=O) groups excluding carboxylic acids is 1. The topological polar surface area (TPSA) is 32.8 Å². The molecule has 0 saturated carbocycles. The SMILES string of the molecule is CCOc1cccc2c1CC[C@H](N1CCCC1)[C@H]2N(C)C(=O)Cc1ccc(Cl)c(Cl)c1. The van der Waals surface area contributed by atoms with Gasteiger partial charge in [-0.15, -0.1) is 0 Å². The number of likely N-dealkylation sites (N-methyl/N-ethyl adjacent to an activating group) is 1. The molecule has 2 aromatic carbocycles. The van der Waals surface area contributed by atoms with E-state index in [1.807, 2.05) is 31.0 Å². The average Bonchev–Trinajstić information content (AvgIpc) is 3.30. The molecule has 4 nitrogen and oxygen atoms in total. The highest BCUT2D eigenvalue weighted by atomic mass is 35.5. The van der Waals surface area contributed by atoms with Crippen LogP contribution in [-0.2, 0) is 17.6 Å². The molecular weight excluding hydrogens is 431 g/mol. The highest BCUT2D eigenvalue weighted by Gasteiger charge is 2.39. The molecule has 31 heavy (non-hydrogen) atoms. The molecule has 1 aliphatic heterocycles. The standard InChI is InChI=1S/C25H30Cl2N2O2/c1-3-31-23-8-6-7-19-18(23)10-12-22(29-13-4-5-14-29)25(19)28(2)24(30)16-17-9-11-20(26)21(27)15-17/h6-9,11,15,22,25H,3-5,10,12-14,16H2,1-2H3/t22-,25-/m0/s1. The maximum Gasteiger partial charge on any atom is 0.227 e. The van der Waals surface area contributed by atoms with Crippen molar-refractivity contribution in [3.8, 4) is 5.75 Å². The summed E-state index contributed by atoms with van der Waals surface area (Å²) in [7, 11) is 1.94. The Kier molecular flexibility index (Phi) is 7.10. The molecular formula is C25H30Cl2N2O2. The minimum Gasteiger partial charge on any atom is -0.494 e. The van der Waals surface area contributed by atoms with Crippen molar-refractivity contribution in [3.05, 3.63) is 63.1 Å². The average molecular weight is 461 g/mol. The summed E-state index contributed by atoms with van der Waals surface area (Å²) in [5.41, 5.74) is 3.35. The van der Waals surface area contributed by atoms with Gasteiger partial charge in [-0.1, -0.05) is 41.4 Å². The number of hydrogen-bond donors (Lipinski definition) is 0. The Bertz CT molecular complexity index is 943. The van der Waals surface area contributed by atoms with Crippen LogP contribution in [0.2, 0.25) is 10.0 Å². The Morgan fingerprint density at radius 2 is 1.94 bits per heavy atom. The quantitative estimate of drug-likeness (QED) is 0.566. The molecule has 0 radical (unpaired) electrons. The monoisotopic (exact) mass is 460 g/mol. The molecule has 4 rings (SSSR count). The number of halogens is 2. The molecule has 1 heterocycles. The van der Waals surface area contributed by atoms with Gasteiger partial charge in [0.1, 0.15) is 5.75 Å². The van der Waals surface area contributed by atoms with E-state index in [9.17, 15) is 4.79 Å². The number of amides is 1. The van der Waals surface area contributed by atoms with Crippen molar-refractivity contribution in [3.63, 3.8) is 0 Å². The van der Waals surface area contributed by atoms with Gasteiger partial charge in [0.15, 0.2) is 0 Å². The molecule has 0 bridgehead atoms. The lowest BCUT2D eigenvalue weighted by molar-refractivity contribution is -0.133. The Balaban J connectivity index is 1.65. The lowest BCUT2D eigenvalue weighted by atomic mass is 9.81. The van der Waals surface area contributed by atoms with Gasteiger partial charge in [0.2, 0.25) is 5.91 Å². The maximum atomic E-state index is 13.4. The summed E-state index contributed by atoms with van der Waals surface area (Å²) in [6.07, 6.45) is 4.78. The lowest BCUT2D eigenvalue weighted by Crippen LogP contribution is -2.48. The third-order valence-corrected chi connectivity index (χ3v) is 7.34. The smallest absolute Gasteiger partial charge is 0.227 e. The summed E-state index contributed by atoms with van der Waals surface area (Å²) in [5, 5.41) is 0.985. The Morgan fingerprint density at radius 3 is 2.65 bits per heavy atom. The fraction of sp³-hybridized carbons (Fsp3) is 0.480. The molecule has 2 atom stereocenters. The zero-order valence-electron chi connectivity index (χ0n) is 18.2. The fourth-order valence-corrected chi connectivity index (χ4v) is 5.42. The summed E-state index contributed by atoms with van der Waals surface area (Å²) in [4.78, 5) is 17.9. The number of hydrogen-bond acceptors (Lipinski definition) is 3. The second kappa shape index (κ2) is 9.81. The van der Waals surface area contributed by atoms with E-state index < -0.39 is 0 Å². The van der Waals surface area contributed by atoms with Gasteiger partial charge in [-0.3, -0.25) is 9.69 Å². The first kappa shape index (κ1) is 22.4. The van der Waals surface area contributed by atoms with E-state index in [0.717, 1.165) is 37.2 Å². The van der Waals surface area contributed by atoms with Crippen LogP contribution in [-0.4, -0.2) is 48.5 Å². The van der Waals surface area contributed by atoms with Gasteiger partial charge < -0.3 is 9.64 Å². The Hall–Kier alpha value is -1.75. The number of ether oxygens (including phenoxy) is 1. The van der Waals surface area contributed by atoms with Crippen LogP contribution in [0, 0.1) is 0 Å². The zero-order chi connectivity index (χ0) is 22.0. The summed E-state index contributed by atoms with van der Waals surface area (Å²) in [5.74, 6) is 1.04. The number of carbonyl (C=O) groups is 1. The fourth-order valence-electron chi connectivity index (χ4n) is 5.10. The van der Waals surface area contributed by atoms with Gasteiger partial charge in [-0.2, -0.15) is 0 Å². The van der Waals surface area contributed by atoms with Gasteiger partial charge >= 0.3 is 0 Å². The predicted octanol–water partition coefficient (Wildman–Crippen LogP) is 5.54. The summed E-state index contributed by atoms with van der Waals surface area (Å²) in [6, 6.07) is 12.0. The number of fused-ring (bicyclic) bond motifs is 1. The largest absolute Gasteiger partial charge is 0.494 e. The summed E-state index contributed by atoms with van der Waals surface area (Å²) in [6.45, 7) is 4.87. The normalized spacial score (nSPS) is 21.0. The molecule has 166 valence electrons. The zero-order valence-corrected chi connectivity index (χ0v) is 19.8. The second-order valence-corrected chi connectivity index (χ2v) is 9.30. The van der Waals surface area contributed by atoms with E-state index in [1.165, 1.54) is 24.0 Å². The third-order valence-electron chi connectivity index (χ3n) is 6.60. The van der Waals surface area contributed by atoms with E-state index in [2.05, 4.69) is 17.0 Å². The highest BCUT2D eigenvalue weighted by Crippen LogP contribution is 2.41. The maximum absolute atomic E-state index is 13.4. The molecule has 1 fully saturated rings. The number of rotatable bonds is 6. The first-order valence-electron chi connectivity index (χ1n) is 11.2. The van der Waals surface area contributed by atoms with Gasteiger partial charge in [0.25, 0.3) is 0 Å². The van der Waals surface area contributed by atoms with Crippen LogP contribution < -0.4 is 4.74 Å². The van der Waals surface area contributed by atoms with E-state index >= 15 is 0 Å². The van der Waals surface area contributed by atoms with Gasteiger partial charge in [-0.05, 0) is 80.6 Å². The Morgan fingerprint density at radius 1 is 1.16 bits per heavy atom. The highest BCUT2D eigenvalue weighted by molar-refractivity contribution is 6.42. The van der Waals surface area contributed by atoms with E-state index in [-0.39, 0.29) is 11.9 Å². The number of likely N-dealkylation sites (tertiary alicyclic amines) is 1. The van der Waals surface area contributed by atoms with Crippen molar-refractivity contribution >= 4 is 29.1 Å². The van der Waals surface area contributed by atoms with Crippen molar-refractivity contribution in [1.82, 2.24) is 9.80 Å². The van der Waals surface area contributed by atoms with Crippen LogP contribution >= 0.6 is 23.2 Å². The van der Waals surface area contributed by atoms with E-state index in [0.29, 0.717) is 29.1 Å². The van der Waals surface area contributed by atoms with E-state index in [4.69, 9.17) is 27.9 Å². The van der Waals surface area contributed by atoms with Crippen molar-refractivity contribution in [2.24, 2.45) is 0 Å². The predicted molar refractivity (Wildman–Crippen MR) is 126 cm³/mol. The minimum atomic E-state index is 0.0116. The lowest BCUT2D eigenvalue weighted by Gasteiger charge is -2.44. The van der Waals surface area contributed by atoms with Gasteiger partial charge in [-0.25, -0.2) is 0 Å². The molecule has 0 unspecified atom stereocenters. The van der Waals surface area contributed by atoms with Crippen molar-refractivity contribution in [1.29, 1.82) is 0 Å². The second-order valence-electron chi connectivity index (χ2n) is 8.48. The number of benzene rings is 2. The molecule has 1 saturated heterocycles. The molecule has 6 heteroatoms. The van der Waals surface area contributed by atoms with Crippen LogP contribution in [0.3, 0.4) is 0 Å². The van der Waals surface area contributed by atoms with Crippen molar-refractivity contribution in [2.45, 2.75) is 51.1 Å². The van der Waals surface area contributed by atoms with Crippen molar-refractivity contribution in [2.75, 3.05) is 26.7 Å². The number of nitrogens with zero attached hydrogens (tertiary/aromatic N) is 2. The van der Waals surface area contributed by atoms with E-state index in [1.54, 1.807) is 12.1 Å². The molecule has 0 spiro atoms. The summed E-state index contributed by atoms with van der Waals surface area (Å²) < 4.78 is 5.93. The molecule has 1 amide bonds. The van der Waals surface area contributed by atoms with Crippen molar-refractivity contribution < 1.29 is 9.53 Å². The molecule has 0 aromatic heterocycles. The molecule has 0 N–H and O–H groups in total. The Labute approximate surface area is 195 Å².